The molecule has 0 saturated carbocycles. The SMILES string of the molecule is NC=CC(=Nc1ccccc1)NC(=O)c1ccc(C(F)(F)F)cc1. The third kappa shape index (κ3) is 4.70. The predicted molar refractivity (Wildman–Crippen MR) is 85.8 cm³/mol. The minimum absolute atomic E-state index is 0.0779. The number of nitrogens with zero attached hydrogens (tertiary/aromatic N) is 1. The average molecular weight is 333 g/mol. The van der Waals surface area contributed by atoms with E-state index in [1.807, 2.05) is 6.07 Å². The summed E-state index contributed by atoms with van der Waals surface area (Å²) in [7, 11) is 0. The number of carbonyl (C=O) groups excluding carboxylic acids is 1. The minimum atomic E-state index is -4.45. The van der Waals surface area contributed by atoms with Crippen molar-refractivity contribution in [2.75, 3.05) is 0 Å². The predicted octanol–water partition coefficient (Wildman–Crippen LogP) is 3.64. The molecule has 0 heterocycles. The van der Waals surface area contributed by atoms with Crippen LogP contribution in [0.3, 0.4) is 0 Å². The van der Waals surface area contributed by atoms with Crippen molar-refractivity contribution in [2.24, 2.45) is 10.7 Å². The Morgan fingerprint density at radius 2 is 1.67 bits per heavy atom. The van der Waals surface area contributed by atoms with Crippen LogP contribution in [-0.2, 0) is 6.18 Å². The van der Waals surface area contributed by atoms with Crippen LogP contribution >= 0.6 is 0 Å². The number of rotatable bonds is 3. The van der Waals surface area contributed by atoms with Gasteiger partial charge in [-0.3, -0.25) is 4.79 Å². The summed E-state index contributed by atoms with van der Waals surface area (Å²) in [4.78, 5) is 16.3. The van der Waals surface area contributed by atoms with Crippen LogP contribution in [-0.4, -0.2) is 11.7 Å². The van der Waals surface area contributed by atoms with Crippen molar-refractivity contribution < 1.29 is 18.0 Å². The lowest BCUT2D eigenvalue weighted by Crippen LogP contribution is -2.29. The topological polar surface area (TPSA) is 67.5 Å². The molecule has 2 aromatic rings. The van der Waals surface area contributed by atoms with E-state index < -0.39 is 17.6 Å². The highest BCUT2D eigenvalue weighted by atomic mass is 19.4. The fourth-order valence-corrected chi connectivity index (χ4v) is 1.84. The monoisotopic (exact) mass is 333 g/mol. The first kappa shape index (κ1) is 17.3. The van der Waals surface area contributed by atoms with Gasteiger partial charge in [-0.2, -0.15) is 13.2 Å². The van der Waals surface area contributed by atoms with Gasteiger partial charge in [-0.05, 0) is 48.7 Å². The lowest BCUT2D eigenvalue weighted by Gasteiger charge is -2.08. The summed E-state index contributed by atoms with van der Waals surface area (Å²) >= 11 is 0. The molecule has 0 radical (unpaired) electrons. The fourth-order valence-electron chi connectivity index (χ4n) is 1.84. The molecule has 0 saturated heterocycles. The molecule has 1 amide bonds. The van der Waals surface area contributed by atoms with E-state index in [1.54, 1.807) is 24.3 Å². The van der Waals surface area contributed by atoms with Gasteiger partial charge in [-0.15, -0.1) is 0 Å². The Morgan fingerprint density at radius 3 is 2.21 bits per heavy atom. The molecular weight excluding hydrogens is 319 g/mol. The van der Waals surface area contributed by atoms with Crippen molar-refractivity contribution in [2.45, 2.75) is 6.18 Å². The van der Waals surface area contributed by atoms with E-state index in [1.165, 1.54) is 12.3 Å². The Labute approximate surface area is 136 Å². The van der Waals surface area contributed by atoms with Gasteiger partial charge in [0.05, 0.1) is 11.3 Å². The van der Waals surface area contributed by atoms with Gasteiger partial charge in [-0.25, -0.2) is 4.99 Å². The van der Waals surface area contributed by atoms with Crippen molar-refractivity contribution >= 4 is 17.4 Å². The second kappa shape index (κ2) is 7.45. The molecule has 0 spiro atoms. The molecule has 0 aliphatic carbocycles. The first-order valence-corrected chi connectivity index (χ1v) is 6.91. The Bertz CT molecular complexity index is 751. The van der Waals surface area contributed by atoms with Crippen molar-refractivity contribution in [1.82, 2.24) is 5.32 Å². The van der Waals surface area contributed by atoms with Gasteiger partial charge in [-0.1, -0.05) is 18.2 Å². The van der Waals surface area contributed by atoms with E-state index in [2.05, 4.69) is 10.3 Å². The number of amides is 1. The molecule has 0 bridgehead atoms. The lowest BCUT2D eigenvalue weighted by atomic mass is 10.1. The van der Waals surface area contributed by atoms with Gasteiger partial charge in [0.15, 0.2) is 0 Å². The first-order valence-electron chi connectivity index (χ1n) is 6.91. The first-order chi connectivity index (χ1) is 11.4. The molecule has 2 aromatic carbocycles. The third-order valence-corrected chi connectivity index (χ3v) is 2.98. The highest BCUT2D eigenvalue weighted by molar-refractivity contribution is 6.10. The molecule has 124 valence electrons. The number of carbonyl (C=O) groups is 1. The maximum atomic E-state index is 12.5. The van der Waals surface area contributed by atoms with Crippen molar-refractivity contribution in [3.05, 3.63) is 78.0 Å². The lowest BCUT2D eigenvalue weighted by molar-refractivity contribution is -0.137. The van der Waals surface area contributed by atoms with Gasteiger partial charge < -0.3 is 11.1 Å². The van der Waals surface area contributed by atoms with Crippen molar-refractivity contribution in [3.8, 4) is 0 Å². The Kier molecular flexibility index (Phi) is 5.36. The van der Waals surface area contributed by atoms with Crippen LogP contribution < -0.4 is 11.1 Å². The second-order valence-corrected chi connectivity index (χ2v) is 4.72. The summed E-state index contributed by atoms with van der Waals surface area (Å²) in [6, 6.07) is 12.7. The normalized spacial score (nSPS) is 12.4. The van der Waals surface area contributed by atoms with Gasteiger partial charge in [0.1, 0.15) is 5.84 Å². The zero-order chi connectivity index (χ0) is 17.6. The highest BCUT2D eigenvalue weighted by Crippen LogP contribution is 2.29. The summed E-state index contributed by atoms with van der Waals surface area (Å²) in [5.41, 5.74) is 5.18. The number of alkyl halides is 3. The molecule has 0 atom stereocenters. The van der Waals surface area contributed by atoms with Crippen LogP contribution in [0, 0.1) is 0 Å². The molecule has 0 unspecified atom stereocenters. The molecular formula is C17H14F3N3O. The summed E-state index contributed by atoms with van der Waals surface area (Å²) in [6.45, 7) is 0. The maximum absolute atomic E-state index is 12.5. The third-order valence-electron chi connectivity index (χ3n) is 2.98. The molecule has 0 aliphatic rings. The standard InChI is InChI=1S/C17H14F3N3O/c18-17(19,20)13-8-6-12(7-9-13)16(24)23-15(10-11-21)22-14-4-2-1-3-5-14/h1-11H,21H2,(H,22,23,24). The molecule has 2 rings (SSSR count). The number of hydrogen-bond acceptors (Lipinski definition) is 3. The Balaban J connectivity index is 2.18. The zero-order valence-electron chi connectivity index (χ0n) is 12.4. The number of nitrogens with one attached hydrogen (secondary N) is 1. The van der Waals surface area contributed by atoms with Crippen LogP contribution in [0.1, 0.15) is 15.9 Å². The number of amidine groups is 1. The van der Waals surface area contributed by atoms with Crippen LogP contribution in [0.15, 0.2) is 71.9 Å². The van der Waals surface area contributed by atoms with Gasteiger partial charge in [0, 0.05) is 5.56 Å². The smallest absolute Gasteiger partial charge is 0.404 e. The molecule has 4 nitrogen and oxygen atoms in total. The number of para-hydroxylation sites is 1. The van der Waals surface area contributed by atoms with E-state index in [9.17, 15) is 18.0 Å². The zero-order valence-corrected chi connectivity index (χ0v) is 12.4. The quantitative estimate of drug-likeness (QED) is 0.665. The number of aliphatic imine (C=N–C) groups is 1. The van der Waals surface area contributed by atoms with Gasteiger partial charge >= 0.3 is 6.18 Å². The van der Waals surface area contributed by atoms with Gasteiger partial charge in [0.25, 0.3) is 5.91 Å². The van der Waals surface area contributed by atoms with E-state index in [-0.39, 0.29) is 11.4 Å². The van der Waals surface area contributed by atoms with Crippen LogP contribution in [0.4, 0.5) is 18.9 Å². The molecule has 7 heteroatoms. The number of halogens is 3. The molecule has 24 heavy (non-hydrogen) atoms. The van der Waals surface area contributed by atoms with E-state index in [0.717, 1.165) is 24.3 Å². The van der Waals surface area contributed by atoms with E-state index in [4.69, 9.17) is 5.73 Å². The van der Waals surface area contributed by atoms with Crippen molar-refractivity contribution in [1.29, 1.82) is 0 Å². The second-order valence-electron chi connectivity index (χ2n) is 4.72. The summed E-state index contributed by atoms with van der Waals surface area (Å²) in [6.07, 6.45) is -1.86. The number of hydrogen-bond donors (Lipinski definition) is 2. The minimum Gasteiger partial charge on any atom is -0.404 e. The van der Waals surface area contributed by atoms with E-state index >= 15 is 0 Å². The molecule has 0 fully saturated rings. The summed E-state index contributed by atoms with van der Waals surface area (Å²) in [5, 5.41) is 2.50. The maximum Gasteiger partial charge on any atom is 0.416 e. The van der Waals surface area contributed by atoms with Crippen LogP contribution in [0.25, 0.3) is 0 Å². The average Bonchev–Trinajstić information content (AvgIpc) is 2.55. The van der Waals surface area contributed by atoms with Crippen LogP contribution in [0.2, 0.25) is 0 Å². The Morgan fingerprint density at radius 1 is 1.04 bits per heavy atom. The fraction of sp³-hybridized carbons (Fsp3) is 0.0588. The molecule has 0 aromatic heterocycles. The van der Waals surface area contributed by atoms with E-state index in [0.29, 0.717) is 5.69 Å². The largest absolute Gasteiger partial charge is 0.416 e. The van der Waals surface area contributed by atoms with Crippen LogP contribution in [0.5, 0.6) is 0 Å². The summed E-state index contributed by atoms with van der Waals surface area (Å²) < 4.78 is 37.6. The molecule has 0 aliphatic heterocycles. The number of nitrogens with two attached hydrogens (primary N) is 1. The summed E-state index contributed by atoms with van der Waals surface area (Å²) in [5.74, 6) is -0.412. The Hall–Kier alpha value is -3.09. The number of benzene rings is 2. The van der Waals surface area contributed by atoms with Gasteiger partial charge in [0.2, 0.25) is 0 Å². The van der Waals surface area contributed by atoms with Crippen molar-refractivity contribution in [3.63, 3.8) is 0 Å². The highest BCUT2D eigenvalue weighted by Gasteiger charge is 2.30. The molecule has 3 N–H and O–H groups in total.